The number of carbonyl (C=O) groups excluding carboxylic acids is 1. The number of piperidine rings is 1. The maximum atomic E-state index is 13.1. The number of rotatable bonds is 9. The maximum absolute atomic E-state index is 13.1. The molecule has 32 heavy (non-hydrogen) atoms. The Hall–Kier alpha value is -2.10. The van der Waals surface area contributed by atoms with E-state index in [1.54, 1.807) is 42.2 Å². The summed E-state index contributed by atoms with van der Waals surface area (Å²) in [5.74, 6) is 0.587. The molecule has 0 spiro atoms. The summed E-state index contributed by atoms with van der Waals surface area (Å²) in [4.78, 5) is 19.8. The Bertz CT molecular complexity index is 1030. The second kappa shape index (κ2) is 11.2. The standard InChI is InChI=1S/C23H32N4O3S2/c1-4-27(5-2)32(29,30)19-10-11-21(26-14-8-7-9-15-26)20(17-19)25-23(28)18-12-13-24-22(16-18)31-6-3/h10-13,16-17H,4-9,14-15H2,1-3H3,(H,25,28). The molecular weight excluding hydrogens is 444 g/mol. The predicted octanol–water partition coefficient (Wildman–Crippen LogP) is 4.47. The number of nitrogens with zero attached hydrogens (tertiary/aromatic N) is 3. The van der Waals surface area contributed by atoms with Crippen molar-refractivity contribution in [2.24, 2.45) is 0 Å². The van der Waals surface area contributed by atoms with E-state index in [-0.39, 0.29) is 10.8 Å². The van der Waals surface area contributed by atoms with Crippen molar-refractivity contribution < 1.29 is 13.2 Å². The van der Waals surface area contributed by atoms with Gasteiger partial charge in [0.15, 0.2) is 0 Å². The molecule has 1 amide bonds. The van der Waals surface area contributed by atoms with Crippen LogP contribution in [0.25, 0.3) is 0 Å². The van der Waals surface area contributed by atoms with Gasteiger partial charge in [-0.2, -0.15) is 4.31 Å². The molecule has 0 radical (unpaired) electrons. The summed E-state index contributed by atoms with van der Waals surface area (Å²) in [7, 11) is -3.64. The van der Waals surface area contributed by atoms with E-state index in [1.807, 2.05) is 26.8 Å². The number of anilines is 2. The molecule has 1 fully saturated rings. The molecule has 0 atom stereocenters. The average Bonchev–Trinajstić information content (AvgIpc) is 2.80. The Morgan fingerprint density at radius 1 is 1.09 bits per heavy atom. The molecule has 174 valence electrons. The minimum atomic E-state index is -3.64. The molecule has 1 aromatic heterocycles. The first-order chi connectivity index (χ1) is 15.4. The van der Waals surface area contributed by atoms with E-state index in [2.05, 4.69) is 15.2 Å². The lowest BCUT2D eigenvalue weighted by Crippen LogP contribution is -2.32. The van der Waals surface area contributed by atoms with Crippen LogP contribution in [0.2, 0.25) is 0 Å². The monoisotopic (exact) mass is 476 g/mol. The Morgan fingerprint density at radius 2 is 1.81 bits per heavy atom. The van der Waals surface area contributed by atoms with E-state index in [4.69, 9.17) is 0 Å². The lowest BCUT2D eigenvalue weighted by molar-refractivity contribution is 0.102. The first-order valence-electron chi connectivity index (χ1n) is 11.2. The van der Waals surface area contributed by atoms with Crippen LogP contribution in [0.5, 0.6) is 0 Å². The molecule has 9 heteroatoms. The minimum Gasteiger partial charge on any atom is -0.370 e. The van der Waals surface area contributed by atoms with E-state index in [1.165, 1.54) is 10.7 Å². The van der Waals surface area contributed by atoms with Gasteiger partial charge in [-0.1, -0.05) is 20.8 Å². The van der Waals surface area contributed by atoms with Crippen molar-refractivity contribution in [3.05, 3.63) is 42.1 Å². The zero-order chi connectivity index (χ0) is 23.1. The van der Waals surface area contributed by atoms with Crippen molar-refractivity contribution in [1.82, 2.24) is 9.29 Å². The third-order valence-electron chi connectivity index (χ3n) is 5.55. The number of carbonyl (C=O) groups is 1. The van der Waals surface area contributed by atoms with Gasteiger partial charge in [-0.15, -0.1) is 11.8 Å². The summed E-state index contributed by atoms with van der Waals surface area (Å²) < 4.78 is 27.6. The van der Waals surface area contributed by atoms with E-state index < -0.39 is 10.0 Å². The lowest BCUT2D eigenvalue weighted by Gasteiger charge is -2.31. The van der Waals surface area contributed by atoms with Gasteiger partial charge < -0.3 is 10.2 Å². The molecule has 2 heterocycles. The number of nitrogens with one attached hydrogen (secondary N) is 1. The number of sulfonamides is 1. The molecule has 0 bridgehead atoms. The first-order valence-corrected chi connectivity index (χ1v) is 13.6. The summed E-state index contributed by atoms with van der Waals surface area (Å²) in [6.07, 6.45) is 4.96. The maximum Gasteiger partial charge on any atom is 0.255 e. The number of amides is 1. The van der Waals surface area contributed by atoms with Crippen molar-refractivity contribution in [3.63, 3.8) is 0 Å². The highest BCUT2D eigenvalue weighted by Crippen LogP contribution is 2.32. The van der Waals surface area contributed by atoms with Crippen molar-refractivity contribution >= 4 is 39.1 Å². The number of hydrogen-bond acceptors (Lipinski definition) is 6. The third kappa shape index (κ3) is 5.63. The molecule has 1 aliphatic heterocycles. The van der Waals surface area contributed by atoms with Crippen LogP contribution in [0.3, 0.4) is 0 Å². The highest BCUT2D eigenvalue weighted by atomic mass is 32.2. The van der Waals surface area contributed by atoms with Crippen LogP contribution in [0.1, 0.15) is 50.4 Å². The second-order valence-electron chi connectivity index (χ2n) is 7.59. The summed E-state index contributed by atoms with van der Waals surface area (Å²) in [5.41, 5.74) is 1.87. The number of aromatic nitrogens is 1. The van der Waals surface area contributed by atoms with Crippen molar-refractivity contribution in [2.75, 3.05) is 42.1 Å². The summed E-state index contributed by atoms with van der Waals surface area (Å²) in [6, 6.07) is 8.50. The Labute approximate surface area is 195 Å². The van der Waals surface area contributed by atoms with Gasteiger partial charge in [0.05, 0.1) is 21.3 Å². The van der Waals surface area contributed by atoms with Crippen LogP contribution in [-0.4, -0.2) is 55.5 Å². The zero-order valence-electron chi connectivity index (χ0n) is 19.0. The van der Waals surface area contributed by atoms with E-state index in [9.17, 15) is 13.2 Å². The molecule has 1 aromatic carbocycles. The van der Waals surface area contributed by atoms with Crippen molar-refractivity contribution in [2.45, 2.75) is 50.0 Å². The van der Waals surface area contributed by atoms with Gasteiger partial charge in [-0.3, -0.25) is 4.79 Å². The summed E-state index contributed by atoms with van der Waals surface area (Å²) in [6.45, 7) is 8.23. The number of thioether (sulfide) groups is 1. The first kappa shape index (κ1) is 24.5. The van der Waals surface area contributed by atoms with Gasteiger partial charge in [0, 0.05) is 37.9 Å². The fourth-order valence-electron chi connectivity index (χ4n) is 3.87. The van der Waals surface area contributed by atoms with E-state index in [0.717, 1.165) is 42.4 Å². The van der Waals surface area contributed by atoms with Crippen molar-refractivity contribution in [1.29, 1.82) is 0 Å². The highest BCUT2D eigenvalue weighted by Gasteiger charge is 2.25. The van der Waals surface area contributed by atoms with Crippen LogP contribution in [0, 0.1) is 0 Å². The topological polar surface area (TPSA) is 82.6 Å². The van der Waals surface area contributed by atoms with Crippen molar-refractivity contribution in [3.8, 4) is 0 Å². The SMILES string of the molecule is CCSc1cc(C(=O)Nc2cc(S(=O)(=O)N(CC)CC)ccc2N2CCCCC2)ccn1. The van der Waals surface area contributed by atoms with Crippen LogP contribution < -0.4 is 10.2 Å². The predicted molar refractivity (Wildman–Crippen MR) is 131 cm³/mol. The molecule has 1 aliphatic rings. The fraction of sp³-hybridized carbons (Fsp3) is 0.478. The second-order valence-corrected chi connectivity index (χ2v) is 10.8. The summed E-state index contributed by atoms with van der Waals surface area (Å²) >= 11 is 1.57. The Morgan fingerprint density at radius 3 is 2.47 bits per heavy atom. The fourth-order valence-corrected chi connectivity index (χ4v) is 6.00. The quantitative estimate of drug-likeness (QED) is 0.538. The van der Waals surface area contributed by atoms with Gasteiger partial charge in [0.1, 0.15) is 0 Å². The molecule has 2 aromatic rings. The van der Waals surface area contributed by atoms with Gasteiger partial charge >= 0.3 is 0 Å². The molecule has 0 saturated carbocycles. The minimum absolute atomic E-state index is 0.189. The largest absolute Gasteiger partial charge is 0.370 e. The lowest BCUT2D eigenvalue weighted by atomic mass is 10.1. The van der Waals surface area contributed by atoms with Crippen LogP contribution >= 0.6 is 11.8 Å². The molecule has 1 N–H and O–H groups in total. The molecule has 0 aliphatic carbocycles. The van der Waals surface area contributed by atoms with Gasteiger partial charge in [0.25, 0.3) is 5.91 Å². The number of hydrogen-bond donors (Lipinski definition) is 1. The Balaban J connectivity index is 1.98. The van der Waals surface area contributed by atoms with E-state index in [0.29, 0.717) is 24.3 Å². The van der Waals surface area contributed by atoms with Crippen LogP contribution in [0.15, 0.2) is 46.5 Å². The number of pyridine rings is 1. The van der Waals surface area contributed by atoms with Gasteiger partial charge in [-0.25, -0.2) is 13.4 Å². The molecule has 7 nitrogen and oxygen atoms in total. The van der Waals surface area contributed by atoms with Crippen LogP contribution in [-0.2, 0) is 10.0 Å². The molecule has 0 unspecified atom stereocenters. The average molecular weight is 477 g/mol. The highest BCUT2D eigenvalue weighted by molar-refractivity contribution is 7.99. The van der Waals surface area contributed by atoms with Gasteiger partial charge in [0.2, 0.25) is 10.0 Å². The smallest absolute Gasteiger partial charge is 0.255 e. The molecular formula is C23H32N4O3S2. The third-order valence-corrected chi connectivity index (χ3v) is 8.40. The Kier molecular flexibility index (Phi) is 8.56. The van der Waals surface area contributed by atoms with Gasteiger partial charge in [-0.05, 0) is 55.3 Å². The molecule has 3 rings (SSSR count). The normalized spacial score (nSPS) is 14.6. The summed E-state index contributed by atoms with van der Waals surface area (Å²) in [5, 5.41) is 3.77. The number of benzene rings is 1. The van der Waals surface area contributed by atoms with E-state index >= 15 is 0 Å². The van der Waals surface area contributed by atoms with Crippen LogP contribution in [0.4, 0.5) is 11.4 Å². The zero-order valence-corrected chi connectivity index (χ0v) is 20.6. The molecule has 1 saturated heterocycles.